The minimum absolute atomic E-state index is 0.123. The molecule has 2 N–H and O–H groups in total. The van der Waals surface area contributed by atoms with E-state index in [0.717, 1.165) is 19.5 Å². The number of nitrogens with two attached hydrogens (primary N) is 1. The van der Waals surface area contributed by atoms with Gasteiger partial charge in [-0.25, -0.2) is 0 Å². The van der Waals surface area contributed by atoms with E-state index >= 15 is 0 Å². The molecule has 0 heterocycles. The third kappa shape index (κ3) is 7.62. The smallest absolute Gasteiger partial charge is 0.223 e. The predicted molar refractivity (Wildman–Crippen MR) is 65.3 cm³/mol. The largest absolute Gasteiger partial charge is 0.383 e. The summed E-state index contributed by atoms with van der Waals surface area (Å²) < 4.78 is 4.99. The summed E-state index contributed by atoms with van der Waals surface area (Å²) in [6.45, 7) is 3.41. The Hall–Kier alpha value is -0.650. The van der Waals surface area contributed by atoms with Crippen molar-refractivity contribution < 1.29 is 9.53 Å². The SMILES string of the molecule is COCCN(CCCN(C)C)C(=O)CCN. The number of nitrogens with zero attached hydrogens (tertiary/aromatic N) is 2. The van der Waals surface area contributed by atoms with Gasteiger partial charge < -0.3 is 20.3 Å². The van der Waals surface area contributed by atoms with Crippen molar-refractivity contribution in [3.8, 4) is 0 Å². The maximum Gasteiger partial charge on any atom is 0.223 e. The van der Waals surface area contributed by atoms with Crippen molar-refractivity contribution in [1.29, 1.82) is 0 Å². The van der Waals surface area contributed by atoms with E-state index in [4.69, 9.17) is 10.5 Å². The lowest BCUT2D eigenvalue weighted by atomic mass is 10.3. The zero-order valence-corrected chi connectivity index (χ0v) is 10.7. The number of rotatable bonds is 9. The molecule has 0 aliphatic carbocycles. The van der Waals surface area contributed by atoms with Gasteiger partial charge in [0.2, 0.25) is 5.91 Å². The molecule has 5 heteroatoms. The van der Waals surface area contributed by atoms with Gasteiger partial charge in [-0.05, 0) is 27.1 Å². The fraction of sp³-hybridized carbons (Fsp3) is 0.909. The van der Waals surface area contributed by atoms with E-state index in [1.807, 2.05) is 19.0 Å². The molecule has 5 nitrogen and oxygen atoms in total. The first-order chi connectivity index (χ1) is 7.61. The standard InChI is InChI=1S/C11H25N3O2/c1-13(2)7-4-8-14(9-10-16-3)11(15)5-6-12/h4-10,12H2,1-3H3. The van der Waals surface area contributed by atoms with E-state index < -0.39 is 0 Å². The Labute approximate surface area is 98.5 Å². The lowest BCUT2D eigenvalue weighted by molar-refractivity contribution is -0.131. The van der Waals surface area contributed by atoms with Gasteiger partial charge in [-0.1, -0.05) is 0 Å². The third-order valence-corrected chi connectivity index (χ3v) is 2.31. The molecule has 96 valence electrons. The topological polar surface area (TPSA) is 58.8 Å². The van der Waals surface area contributed by atoms with Crippen LogP contribution in [0, 0.1) is 0 Å². The number of hydrogen-bond acceptors (Lipinski definition) is 4. The van der Waals surface area contributed by atoms with Crippen LogP contribution < -0.4 is 5.73 Å². The van der Waals surface area contributed by atoms with Crippen molar-refractivity contribution >= 4 is 5.91 Å². The number of amides is 1. The lowest BCUT2D eigenvalue weighted by Crippen LogP contribution is -2.36. The Kier molecular flexibility index (Phi) is 9.18. The van der Waals surface area contributed by atoms with E-state index in [2.05, 4.69) is 4.90 Å². The summed E-state index contributed by atoms with van der Waals surface area (Å²) >= 11 is 0. The van der Waals surface area contributed by atoms with Gasteiger partial charge in [-0.15, -0.1) is 0 Å². The summed E-state index contributed by atoms with van der Waals surface area (Å²) in [5, 5.41) is 0. The maximum absolute atomic E-state index is 11.7. The predicted octanol–water partition coefficient (Wildman–Crippen LogP) is -0.238. The highest BCUT2D eigenvalue weighted by molar-refractivity contribution is 5.76. The van der Waals surface area contributed by atoms with Crippen molar-refractivity contribution in [2.45, 2.75) is 12.8 Å². The van der Waals surface area contributed by atoms with Crippen molar-refractivity contribution in [3.63, 3.8) is 0 Å². The molecule has 0 rings (SSSR count). The molecule has 0 unspecified atom stereocenters. The summed E-state index contributed by atoms with van der Waals surface area (Å²) in [7, 11) is 5.70. The van der Waals surface area contributed by atoms with Crippen LogP contribution in [0.1, 0.15) is 12.8 Å². The summed E-state index contributed by atoms with van der Waals surface area (Å²) in [5.74, 6) is 0.123. The van der Waals surface area contributed by atoms with Crippen LogP contribution in [0.4, 0.5) is 0 Å². The highest BCUT2D eigenvalue weighted by Gasteiger charge is 2.11. The summed E-state index contributed by atoms with van der Waals surface area (Å²) in [6.07, 6.45) is 1.40. The van der Waals surface area contributed by atoms with Crippen LogP contribution in [-0.2, 0) is 9.53 Å². The van der Waals surface area contributed by atoms with E-state index in [1.54, 1.807) is 7.11 Å². The Balaban J connectivity index is 3.94. The molecule has 0 atom stereocenters. The number of methoxy groups -OCH3 is 1. The Morgan fingerprint density at radius 2 is 1.94 bits per heavy atom. The summed E-state index contributed by atoms with van der Waals surface area (Å²) in [5.41, 5.74) is 5.39. The maximum atomic E-state index is 11.7. The summed E-state index contributed by atoms with van der Waals surface area (Å²) in [4.78, 5) is 15.6. The van der Waals surface area contributed by atoms with Crippen LogP contribution in [0.5, 0.6) is 0 Å². The quantitative estimate of drug-likeness (QED) is 0.595. The zero-order chi connectivity index (χ0) is 12.4. The van der Waals surface area contributed by atoms with Crippen molar-refractivity contribution in [2.75, 3.05) is 54.0 Å². The van der Waals surface area contributed by atoms with Gasteiger partial charge in [-0.3, -0.25) is 4.79 Å². The Morgan fingerprint density at radius 3 is 2.44 bits per heavy atom. The second-order valence-corrected chi connectivity index (χ2v) is 4.07. The van der Waals surface area contributed by atoms with E-state index in [1.165, 1.54) is 0 Å². The molecule has 16 heavy (non-hydrogen) atoms. The van der Waals surface area contributed by atoms with Crippen LogP contribution in [0.3, 0.4) is 0 Å². The molecule has 0 radical (unpaired) electrons. The molecule has 0 saturated heterocycles. The van der Waals surface area contributed by atoms with Gasteiger partial charge in [0.25, 0.3) is 0 Å². The first kappa shape index (κ1) is 15.3. The van der Waals surface area contributed by atoms with Gasteiger partial charge in [-0.2, -0.15) is 0 Å². The first-order valence-electron chi connectivity index (χ1n) is 5.73. The van der Waals surface area contributed by atoms with Gasteiger partial charge in [0.05, 0.1) is 6.61 Å². The second-order valence-electron chi connectivity index (χ2n) is 4.07. The van der Waals surface area contributed by atoms with Gasteiger partial charge in [0.1, 0.15) is 0 Å². The van der Waals surface area contributed by atoms with Crippen molar-refractivity contribution in [3.05, 3.63) is 0 Å². The molecule has 0 aromatic rings. The van der Waals surface area contributed by atoms with E-state index in [9.17, 15) is 4.79 Å². The molecule has 0 fully saturated rings. The zero-order valence-electron chi connectivity index (χ0n) is 10.7. The van der Waals surface area contributed by atoms with Gasteiger partial charge >= 0.3 is 0 Å². The van der Waals surface area contributed by atoms with Crippen LogP contribution in [-0.4, -0.2) is 69.7 Å². The molecular formula is C11H25N3O2. The van der Waals surface area contributed by atoms with Gasteiger partial charge in [0.15, 0.2) is 0 Å². The normalized spacial score (nSPS) is 10.8. The molecule has 0 aromatic carbocycles. The highest BCUT2D eigenvalue weighted by atomic mass is 16.5. The minimum Gasteiger partial charge on any atom is -0.383 e. The van der Waals surface area contributed by atoms with Gasteiger partial charge in [0, 0.05) is 33.2 Å². The fourth-order valence-corrected chi connectivity index (χ4v) is 1.42. The Bertz CT molecular complexity index is 186. The van der Waals surface area contributed by atoms with Crippen LogP contribution in [0.2, 0.25) is 0 Å². The van der Waals surface area contributed by atoms with Crippen LogP contribution >= 0.6 is 0 Å². The van der Waals surface area contributed by atoms with E-state index in [-0.39, 0.29) is 5.91 Å². The average Bonchev–Trinajstić information content (AvgIpc) is 2.22. The number of carbonyl (C=O) groups excluding carboxylic acids is 1. The monoisotopic (exact) mass is 231 g/mol. The molecule has 0 aliphatic heterocycles. The average molecular weight is 231 g/mol. The molecule has 0 bridgehead atoms. The molecular weight excluding hydrogens is 206 g/mol. The third-order valence-electron chi connectivity index (χ3n) is 2.31. The number of ether oxygens (including phenoxy) is 1. The molecule has 0 aromatic heterocycles. The van der Waals surface area contributed by atoms with E-state index in [0.29, 0.717) is 26.1 Å². The molecule has 0 aliphatic rings. The van der Waals surface area contributed by atoms with Crippen LogP contribution in [0.25, 0.3) is 0 Å². The fourth-order valence-electron chi connectivity index (χ4n) is 1.42. The number of carbonyl (C=O) groups is 1. The first-order valence-corrected chi connectivity index (χ1v) is 5.73. The second kappa shape index (κ2) is 9.57. The number of hydrogen-bond donors (Lipinski definition) is 1. The van der Waals surface area contributed by atoms with Crippen LogP contribution in [0.15, 0.2) is 0 Å². The minimum atomic E-state index is 0.123. The summed E-state index contributed by atoms with van der Waals surface area (Å²) in [6, 6.07) is 0. The lowest BCUT2D eigenvalue weighted by Gasteiger charge is -2.23. The molecule has 0 spiro atoms. The Morgan fingerprint density at radius 1 is 1.25 bits per heavy atom. The van der Waals surface area contributed by atoms with Crippen molar-refractivity contribution in [1.82, 2.24) is 9.80 Å². The molecule has 0 saturated carbocycles. The van der Waals surface area contributed by atoms with Crippen molar-refractivity contribution in [2.24, 2.45) is 5.73 Å². The molecule has 1 amide bonds. The highest BCUT2D eigenvalue weighted by Crippen LogP contribution is 1.97.